The molecule has 1 unspecified atom stereocenters. The number of carbonyl (C=O) groups is 1. The number of benzene rings is 2. The van der Waals surface area contributed by atoms with Gasteiger partial charge in [0.05, 0.1) is 23.2 Å². The van der Waals surface area contributed by atoms with E-state index in [4.69, 9.17) is 16.3 Å². The highest BCUT2D eigenvalue weighted by molar-refractivity contribution is 6.31. The molecule has 3 aromatic rings. The monoisotopic (exact) mass is 356 g/mol. The van der Waals surface area contributed by atoms with Gasteiger partial charge in [-0.25, -0.2) is 4.98 Å². The maximum atomic E-state index is 13.1. The van der Waals surface area contributed by atoms with E-state index >= 15 is 0 Å². The average molecular weight is 357 g/mol. The number of halogens is 1. The SMILES string of the molecule is CCOC(=O)C(C)c1nc2ccc(Cl)cc2c(=O)n1-c1ccccc1. The lowest BCUT2D eigenvalue weighted by Crippen LogP contribution is -2.28. The molecule has 0 bridgehead atoms. The van der Waals surface area contributed by atoms with E-state index in [0.717, 1.165) is 0 Å². The van der Waals surface area contributed by atoms with Gasteiger partial charge in [0, 0.05) is 5.02 Å². The molecule has 1 atom stereocenters. The summed E-state index contributed by atoms with van der Waals surface area (Å²) in [6.45, 7) is 3.69. The number of hydrogen-bond donors (Lipinski definition) is 0. The Morgan fingerprint density at radius 2 is 1.96 bits per heavy atom. The first-order valence-corrected chi connectivity index (χ1v) is 8.35. The van der Waals surface area contributed by atoms with Crippen molar-refractivity contribution < 1.29 is 9.53 Å². The molecule has 25 heavy (non-hydrogen) atoms. The first kappa shape index (κ1) is 17.2. The zero-order chi connectivity index (χ0) is 18.0. The first-order chi connectivity index (χ1) is 12.0. The quantitative estimate of drug-likeness (QED) is 0.669. The standard InChI is InChI=1S/C19H17ClN2O3/c1-3-25-19(24)12(2)17-21-16-10-9-13(20)11-15(16)18(23)22(17)14-7-5-4-6-8-14/h4-12H,3H2,1-2H3. The van der Waals surface area contributed by atoms with Crippen LogP contribution in [0.1, 0.15) is 25.6 Å². The van der Waals surface area contributed by atoms with Crippen LogP contribution >= 0.6 is 11.6 Å². The molecule has 0 amide bonds. The summed E-state index contributed by atoms with van der Waals surface area (Å²) in [4.78, 5) is 29.9. The summed E-state index contributed by atoms with van der Waals surface area (Å²) in [7, 11) is 0. The number of rotatable bonds is 4. The summed E-state index contributed by atoms with van der Waals surface area (Å²) < 4.78 is 6.55. The summed E-state index contributed by atoms with van der Waals surface area (Å²) in [5.41, 5.74) is 0.852. The van der Waals surface area contributed by atoms with Crippen LogP contribution in [0.2, 0.25) is 5.02 Å². The molecule has 0 saturated carbocycles. The minimum absolute atomic E-state index is 0.266. The Hall–Kier alpha value is -2.66. The highest BCUT2D eigenvalue weighted by Crippen LogP contribution is 2.22. The molecule has 0 aliphatic heterocycles. The first-order valence-electron chi connectivity index (χ1n) is 7.97. The molecule has 0 N–H and O–H groups in total. The number of carbonyl (C=O) groups excluding carboxylic acids is 1. The lowest BCUT2D eigenvalue weighted by atomic mass is 10.1. The van der Waals surface area contributed by atoms with Crippen LogP contribution in [0, 0.1) is 0 Å². The van der Waals surface area contributed by atoms with Crippen LogP contribution in [0.4, 0.5) is 0 Å². The molecule has 2 aromatic carbocycles. The van der Waals surface area contributed by atoms with Crippen molar-refractivity contribution in [3.8, 4) is 5.69 Å². The zero-order valence-electron chi connectivity index (χ0n) is 13.9. The van der Waals surface area contributed by atoms with Gasteiger partial charge in [-0.15, -0.1) is 0 Å². The number of para-hydroxylation sites is 1. The normalized spacial score (nSPS) is 12.1. The van der Waals surface area contributed by atoms with Crippen molar-refractivity contribution in [3.63, 3.8) is 0 Å². The lowest BCUT2D eigenvalue weighted by molar-refractivity contribution is -0.144. The Labute approximate surface area is 149 Å². The van der Waals surface area contributed by atoms with Gasteiger partial charge in [-0.1, -0.05) is 29.8 Å². The van der Waals surface area contributed by atoms with E-state index in [2.05, 4.69) is 4.98 Å². The predicted molar refractivity (Wildman–Crippen MR) is 97.4 cm³/mol. The van der Waals surface area contributed by atoms with Crippen LogP contribution in [0.5, 0.6) is 0 Å². The number of hydrogen-bond acceptors (Lipinski definition) is 4. The van der Waals surface area contributed by atoms with Crippen molar-refractivity contribution in [1.29, 1.82) is 0 Å². The molecule has 1 heterocycles. The predicted octanol–water partition coefficient (Wildman–Crippen LogP) is 3.71. The van der Waals surface area contributed by atoms with Crippen LogP contribution in [0.25, 0.3) is 16.6 Å². The lowest BCUT2D eigenvalue weighted by Gasteiger charge is -2.17. The molecule has 1 aromatic heterocycles. The fourth-order valence-electron chi connectivity index (χ4n) is 2.66. The van der Waals surface area contributed by atoms with Crippen LogP contribution in [0.15, 0.2) is 53.3 Å². The van der Waals surface area contributed by atoms with Crippen molar-refractivity contribution in [2.75, 3.05) is 6.61 Å². The summed E-state index contributed by atoms with van der Waals surface area (Å²) in [5, 5.41) is 0.855. The van der Waals surface area contributed by atoms with E-state index < -0.39 is 11.9 Å². The molecule has 0 aliphatic carbocycles. The van der Waals surface area contributed by atoms with Gasteiger partial charge < -0.3 is 4.74 Å². The second-order valence-corrected chi connectivity index (χ2v) is 6.02. The Morgan fingerprint density at radius 1 is 1.24 bits per heavy atom. The van der Waals surface area contributed by atoms with Gasteiger partial charge in [-0.2, -0.15) is 0 Å². The van der Waals surface area contributed by atoms with Crippen molar-refractivity contribution in [1.82, 2.24) is 9.55 Å². The molecule has 0 aliphatic rings. The topological polar surface area (TPSA) is 61.2 Å². The van der Waals surface area contributed by atoms with Crippen LogP contribution in [-0.4, -0.2) is 22.1 Å². The van der Waals surface area contributed by atoms with Gasteiger partial charge in [0.2, 0.25) is 0 Å². The Morgan fingerprint density at radius 3 is 2.64 bits per heavy atom. The van der Waals surface area contributed by atoms with Crippen molar-refractivity contribution in [2.24, 2.45) is 0 Å². The molecule has 0 radical (unpaired) electrons. The van der Waals surface area contributed by atoms with E-state index in [9.17, 15) is 9.59 Å². The number of aromatic nitrogens is 2. The third-order valence-electron chi connectivity index (χ3n) is 3.90. The second kappa shape index (κ2) is 7.07. The highest BCUT2D eigenvalue weighted by atomic mass is 35.5. The van der Waals surface area contributed by atoms with Gasteiger partial charge >= 0.3 is 5.97 Å². The molecular formula is C19H17ClN2O3. The van der Waals surface area contributed by atoms with Crippen molar-refractivity contribution in [3.05, 3.63) is 69.7 Å². The minimum Gasteiger partial charge on any atom is -0.465 e. The molecule has 3 rings (SSSR count). The number of esters is 1. The van der Waals surface area contributed by atoms with E-state index in [1.54, 1.807) is 44.2 Å². The Bertz CT molecular complexity index is 983. The van der Waals surface area contributed by atoms with Crippen LogP contribution in [-0.2, 0) is 9.53 Å². The molecule has 5 nitrogen and oxygen atoms in total. The highest BCUT2D eigenvalue weighted by Gasteiger charge is 2.24. The molecule has 0 spiro atoms. The van der Waals surface area contributed by atoms with Crippen molar-refractivity contribution >= 4 is 28.5 Å². The third-order valence-corrected chi connectivity index (χ3v) is 4.13. The fourth-order valence-corrected chi connectivity index (χ4v) is 2.84. The largest absolute Gasteiger partial charge is 0.465 e. The summed E-state index contributed by atoms with van der Waals surface area (Å²) in [6, 6.07) is 14.0. The maximum absolute atomic E-state index is 13.1. The van der Waals surface area contributed by atoms with E-state index in [0.29, 0.717) is 27.4 Å². The van der Waals surface area contributed by atoms with Crippen LogP contribution < -0.4 is 5.56 Å². The Kier molecular flexibility index (Phi) is 4.86. The number of fused-ring (bicyclic) bond motifs is 1. The van der Waals surface area contributed by atoms with Gasteiger partial charge in [0.1, 0.15) is 11.7 Å². The maximum Gasteiger partial charge on any atom is 0.316 e. The molecule has 6 heteroatoms. The summed E-state index contributed by atoms with van der Waals surface area (Å²) in [5.74, 6) is -0.773. The van der Waals surface area contributed by atoms with Gasteiger partial charge in [0.15, 0.2) is 0 Å². The van der Waals surface area contributed by atoms with Gasteiger partial charge in [-0.3, -0.25) is 14.2 Å². The Balaban J connectivity index is 2.32. The van der Waals surface area contributed by atoms with Crippen LogP contribution in [0.3, 0.4) is 0 Å². The average Bonchev–Trinajstić information content (AvgIpc) is 2.62. The zero-order valence-corrected chi connectivity index (χ0v) is 14.7. The number of nitrogens with zero attached hydrogens (tertiary/aromatic N) is 2. The fraction of sp³-hybridized carbons (Fsp3) is 0.211. The second-order valence-electron chi connectivity index (χ2n) is 5.58. The van der Waals surface area contributed by atoms with Gasteiger partial charge in [0.25, 0.3) is 5.56 Å². The molecular weight excluding hydrogens is 340 g/mol. The smallest absolute Gasteiger partial charge is 0.316 e. The van der Waals surface area contributed by atoms with E-state index in [1.165, 1.54) is 4.57 Å². The molecule has 0 fully saturated rings. The minimum atomic E-state index is -0.687. The number of ether oxygens (including phenoxy) is 1. The summed E-state index contributed by atoms with van der Waals surface area (Å²) >= 11 is 6.03. The van der Waals surface area contributed by atoms with E-state index in [-0.39, 0.29) is 12.2 Å². The third kappa shape index (κ3) is 3.28. The van der Waals surface area contributed by atoms with Crippen molar-refractivity contribution in [2.45, 2.75) is 19.8 Å². The molecule has 0 saturated heterocycles. The molecule has 128 valence electrons. The van der Waals surface area contributed by atoms with E-state index in [1.807, 2.05) is 18.2 Å². The summed E-state index contributed by atoms with van der Waals surface area (Å²) in [6.07, 6.45) is 0. The van der Waals surface area contributed by atoms with Gasteiger partial charge in [-0.05, 0) is 44.2 Å².